The zero-order valence-electron chi connectivity index (χ0n) is 19.0. The normalized spacial score (nSPS) is 26.7. The second-order valence-corrected chi connectivity index (χ2v) is 13.2. The molecule has 0 saturated carbocycles. The van der Waals surface area contributed by atoms with Crippen molar-refractivity contribution in [1.29, 1.82) is 0 Å². The van der Waals surface area contributed by atoms with Crippen molar-refractivity contribution >= 4 is 25.8 Å². The van der Waals surface area contributed by atoms with E-state index in [0.29, 0.717) is 13.1 Å². The smallest absolute Gasteiger partial charge is 0.251 e. The number of hydrogen-bond donors (Lipinski definition) is 1. The Hall–Kier alpha value is -1.69. The number of rotatable bonds is 6. The van der Waals surface area contributed by atoms with Gasteiger partial charge in [0.15, 0.2) is 9.84 Å². The second kappa shape index (κ2) is 9.89. The first kappa shape index (κ1) is 24.4. The van der Waals surface area contributed by atoms with Crippen molar-refractivity contribution in [1.82, 2.24) is 14.5 Å². The number of benzene rings is 1. The van der Waals surface area contributed by atoms with E-state index in [4.69, 9.17) is 4.74 Å². The van der Waals surface area contributed by atoms with E-state index >= 15 is 0 Å². The molecule has 0 radical (unpaired) electrons. The van der Waals surface area contributed by atoms with E-state index < -0.39 is 31.8 Å². The van der Waals surface area contributed by atoms with E-state index in [9.17, 15) is 21.6 Å². The van der Waals surface area contributed by atoms with Crippen LogP contribution in [0, 0.1) is 0 Å². The number of amides is 1. The Bertz CT molecular complexity index is 1080. The Morgan fingerprint density at radius 1 is 1.00 bits per heavy atom. The fraction of sp³-hybridized carbons (Fsp3) is 0.682. The third kappa shape index (κ3) is 5.36. The minimum atomic E-state index is -3.83. The van der Waals surface area contributed by atoms with Gasteiger partial charge in [0.1, 0.15) is 10.6 Å². The highest BCUT2D eigenvalue weighted by Gasteiger charge is 2.42. The summed E-state index contributed by atoms with van der Waals surface area (Å²) in [6, 6.07) is 3.59. The molecule has 9 nitrogen and oxygen atoms in total. The maximum Gasteiger partial charge on any atom is 0.251 e. The van der Waals surface area contributed by atoms with Crippen LogP contribution in [-0.4, -0.2) is 88.8 Å². The van der Waals surface area contributed by atoms with E-state index in [0.717, 1.165) is 51.6 Å². The van der Waals surface area contributed by atoms with E-state index in [1.54, 1.807) is 0 Å². The third-order valence-electron chi connectivity index (χ3n) is 6.86. The molecule has 3 fully saturated rings. The number of sulfonamides is 1. The molecule has 184 valence electrons. The van der Waals surface area contributed by atoms with Crippen molar-refractivity contribution in [3.63, 3.8) is 0 Å². The summed E-state index contributed by atoms with van der Waals surface area (Å²) in [5, 5.41) is 2.87. The highest BCUT2D eigenvalue weighted by Crippen LogP contribution is 2.30. The van der Waals surface area contributed by atoms with Crippen molar-refractivity contribution < 1.29 is 26.4 Å². The van der Waals surface area contributed by atoms with Gasteiger partial charge < -0.3 is 10.1 Å². The van der Waals surface area contributed by atoms with Gasteiger partial charge in [-0.15, -0.1) is 0 Å². The zero-order chi connectivity index (χ0) is 23.6. The average Bonchev–Trinajstić information content (AvgIpc) is 3.31. The van der Waals surface area contributed by atoms with E-state index in [-0.39, 0.29) is 33.8 Å². The van der Waals surface area contributed by atoms with E-state index in [1.807, 2.05) is 0 Å². The predicted octanol–water partition coefficient (Wildman–Crippen LogP) is 1.25. The number of ether oxygens (including phenoxy) is 1. The van der Waals surface area contributed by atoms with Crippen LogP contribution < -0.4 is 10.1 Å². The molecular weight excluding hydrogens is 466 g/mol. The molecule has 0 aliphatic carbocycles. The van der Waals surface area contributed by atoms with Crippen LogP contribution in [0.3, 0.4) is 0 Å². The molecule has 4 rings (SSSR count). The minimum Gasteiger partial charge on any atom is -0.495 e. The van der Waals surface area contributed by atoms with Crippen molar-refractivity contribution in [3.05, 3.63) is 23.8 Å². The van der Waals surface area contributed by atoms with Gasteiger partial charge in [-0.05, 0) is 57.0 Å². The van der Waals surface area contributed by atoms with Gasteiger partial charge in [-0.25, -0.2) is 16.8 Å². The molecule has 11 heteroatoms. The number of hydrogen-bond acceptors (Lipinski definition) is 7. The maximum absolute atomic E-state index is 13.4. The van der Waals surface area contributed by atoms with Crippen LogP contribution in [0.15, 0.2) is 23.1 Å². The monoisotopic (exact) mass is 499 g/mol. The summed E-state index contributed by atoms with van der Waals surface area (Å²) >= 11 is 0. The predicted molar refractivity (Wildman–Crippen MR) is 125 cm³/mol. The molecule has 2 unspecified atom stereocenters. The lowest BCUT2D eigenvalue weighted by Crippen LogP contribution is -2.50. The molecule has 1 N–H and O–H groups in total. The van der Waals surface area contributed by atoms with Crippen LogP contribution in [0.25, 0.3) is 0 Å². The molecule has 1 amide bonds. The summed E-state index contributed by atoms with van der Waals surface area (Å²) < 4.78 is 58.2. The first-order chi connectivity index (χ1) is 15.7. The van der Waals surface area contributed by atoms with Crippen molar-refractivity contribution in [2.24, 2.45) is 0 Å². The van der Waals surface area contributed by atoms with Crippen molar-refractivity contribution in [2.45, 2.75) is 55.5 Å². The Labute approximate surface area is 196 Å². The second-order valence-electron chi connectivity index (χ2n) is 9.15. The van der Waals surface area contributed by atoms with Crippen molar-refractivity contribution in [2.75, 3.05) is 44.8 Å². The molecule has 1 aromatic rings. The number of likely N-dealkylation sites (tertiary alicyclic amines) is 1. The molecule has 3 aliphatic rings. The summed E-state index contributed by atoms with van der Waals surface area (Å²) in [5.41, 5.74) is 0.175. The van der Waals surface area contributed by atoms with Crippen LogP contribution in [0.4, 0.5) is 0 Å². The molecule has 33 heavy (non-hydrogen) atoms. The summed E-state index contributed by atoms with van der Waals surface area (Å²) in [6.07, 6.45) is 5.63. The minimum absolute atomic E-state index is 0.0327. The molecule has 3 saturated heterocycles. The van der Waals surface area contributed by atoms with Gasteiger partial charge in [-0.1, -0.05) is 12.8 Å². The lowest BCUT2D eigenvalue weighted by atomic mass is 10.1. The van der Waals surface area contributed by atoms with E-state index in [2.05, 4.69) is 10.2 Å². The number of carbonyl (C=O) groups excluding carboxylic acids is 1. The van der Waals surface area contributed by atoms with Gasteiger partial charge >= 0.3 is 0 Å². The number of nitrogens with zero attached hydrogens (tertiary/aromatic N) is 2. The molecule has 0 bridgehead atoms. The van der Waals surface area contributed by atoms with Gasteiger partial charge in [-0.3, -0.25) is 9.69 Å². The molecule has 1 aromatic carbocycles. The largest absolute Gasteiger partial charge is 0.495 e. The van der Waals surface area contributed by atoms with Crippen LogP contribution in [0.1, 0.15) is 48.9 Å². The lowest BCUT2D eigenvalue weighted by Gasteiger charge is -2.28. The Morgan fingerprint density at radius 2 is 1.64 bits per heavy atom. The summed E-state index contributed by atoms with van der Waals surface area (Å²) in [7, 11) is -5.68. The number of nitrogens with one attached hydrogen (secondary N) is 1. The summed E-state index contributed by atoms with van der Waals surface area (Å²) in [6.45, 7) is 2.54. The fourth-order valence-electron chi connectivity index (χ4n) is 5.09. The molecule has 3 heterocycles. The number of carbonyl (C=O) groups is 1. The molecular formula is C22H33N3O6S2. The van der Waals surface area contributed by atoms with Crippen LogP contribution in [0.2, 0.25) is 0 Å². The van der Waals surface area contributed by atoms with Gasteiger partial charge in [0.25, 0.3) is 5.91 Å². The zero-order valence-corrected chi connectivity index (χ0v) is 20.7. The van der Waals surface area contributed by atoms with E-state index in [1.165, 1.54) is 29.6 Å². The standard InChI is InChI=1S/C22H33N3O6S2/c1-31-20-9-8-17(14-21(20)33(29,30)25-12-4-2-3-5-13-25)22(26)23-18-15-32(27,28)16-19(18)24-10-6-7-11-24/h8-9,14,18-19H,2-7,10-13,15-16H2,1H3,(H,23,26). The Kier molecular flexibility index (Phi) is 7.32. The van der Waals surface area contributed by atoms with Crippen molar-refractivity contribution in [3.8, 4) is 5.75 Å². The molecule has 0 spiro atoms. The highest BCUT2D eigenvalue weighted by molar-refractivity contribution is 7.91. The number of sulfone groups is 1. The van der Waals surface area contributed by atoms with Gasteiger partial charge in [0.2, 0.25) is 10.0 Å². The van der Waals surface area contributed by atoms with Gasteiger partial charge in [-0.2, -0.15) is 4.31 Å². The Balaban J connectivity index is 1.58. The van der Waals surface area contributed by atoms with Gasteiger partial charge in [0.05, 0.1) is 24.7 Å². The lowest BCUT2D eigenvalue weighted by molar-refractivity contribution is 0.0918. The first-order valence-corrected chi connectivity index (χ1v) is 14.9. The summed E-state index contributed by atoms with van der Waals surface area (Å²) in [4.78, 5) is 15.2. The molecule has 2 atom stereocenters. The third-order valence-corrected chi connectivity index (χ3v) is 10.5. The Morgan fingerprint density at radius 3 is 2.27 bits per heavy atom. The van der Waals surface area contributed by atoms with Crippen LogP contribution in [0.5, 0.6) is 5.75 Å². The molecule has 3 aliphatic heterocycles. The SMILES string of the molecule is COc1ccc(C(=O)NC2CS(=O)(=O)CC2N2CCCC2)cc1S(=O)(=O)N1CCCCCC1. The van der Waals surface area contributed by atoms with Crippen LogP contribution >= 0.6 is 0 Å². The average molecular weight is 500 g/mol. The van der Waals surface area contributed by atoms with Crippen LogP contribution in [-0.2, 0) is 19.9 Å². The maximum atomic E-state index is 13.4. The highest BCUT2D eigenvalue weighted by atomic mass is 32.2. The van der Waals surface area contributed by atoms with Gasteiger partial charge in [0, 0.05) is 24.7 Å². The topological polar surface area (TPSA) is 113 Å². The molecule has 0 aromatic heterocycles. The first-order valence-electron chi connectivity index (χ1n) is 11.6. The fourth-order valence-corrected chi connectivity index (χ4v) is 8.74. The quantitative estimate of drug-likeness (QED) is 0.627. The number of methoxy groups -OCH3 is 1. The summed E-state index contributed by atoms with van der Waals surface area (Å²) in [5.74, 6) is -0.352.